The van der Waals surface area contributed by atoms with Gasteiger partial charge in [0.25, 0.3) is 5.91 Å². The maximum atomic E-state index is 13.3. The zero-order valence-electron chi connectivity index (χ0n) is 17.2. The number of rotatable bonds is 8. The summed E-state index contributed by atoms with van der Waals surface area (Å²) in [5.74, 6) is 0.0871. The average molecular weight is 470 g/mol. The van der Waals surface area contributed by atoms with E-state index in [2.05, 4.69) is 5.32 Å². The van der Waals surface area contributed by atoms with Crippen LogP contribution in [-0.4, -0.2) is 25.7 Å². The predicted molar refractivity (Wildman–Crippen MR) is 121 cm³/mol. The van der Waals surface area contributed by atoms with E-state index in [-0.39, 0.29) is 29.3 Å². The smallest absolute Gasteiger partial charge is 0.261 e. The topological polar surface area (TPSA) is 103 Å². The van der Waals surface area contributed by atoms with Crippen molar-refractivity contribution in [3.05, 3.63) is 94.4 Å². The first-order chi connectivity index (χ1) is 15.3. The van der Waals surface area contributed by atoms with Crippen molar-refractivity contribution in [2.45, 2.75) is 18.0 Å². The Morgan fingerprint density at radius 1 is 1.09 bits per heavy atom. The lowest BCUT2D eigenvalue weighted by atomic mass is 10.2. The van der Waals surface area contributed by atoms with E-state index in [1.54, 1.807) is 18.2 Å². The summed E-state index contributed by atoms with van der Waals surface area (Å²) in [6.07, 6.45) is 1.30. The summed E-state index contributed by atoms with van der Waals surface area (Å²) < 4.78 is 33.7. The van der Waals surface area contributed by atoms with E-state index >= 15 is 0 Å². The van der Waals surface area contributed by atoms with Crippen LogP contribution in [0.1, 0.15) is 17.1 Å². The Labute approximate surface area is 191 Å². The minimum atomic E-state index is -3.87. The first-order valence-electron chi connectivity index (χ1n) is 9.55. The van der Waals surface area contributed by atoms with Crippen LogP contribution in [0.15, 0.2) is 81.6 Å². The Balaban J connectivity index is 1.92. The van der Waals surface area contributed by atoms with E-state index in [9.17, 15) is 13.2 Å². The molecule has 1 amide bonds. The fourth-order valence-corrected chi connectivity index (χ4v) is 4.45. The normalized spacial score (nSPS) is 11.9. The number of furan rings is 1. The Bertz CT molecular complexity index is 1260. The van der Waals surface area contributed by atoms with Gasteiger partial charge in [0.05, 0.1) is 11.4 Å². The van der Waals surface area contributed by atoms with Gasteiger partial charge in [-0.1, -0.05) is 41.9 Å². The molecule has 1 aromatic heterocycles. The number of nitriles is 1. The number of benzene rings is 2. The van der Waals surface area contributed by atoms with Gasteiger partial charge in [-0.05, 0) is 42.0 Å². The van der Waals surface area contributed by atoms with Crippen molar-refractivity contribution in [1.29, 1.82) is 5.26 Å². The highest BCUT2D eigenvalue weighted by Gasteiger charge is 2.26. The second-order valence-electron chi connectivity index (χ2n) is 6.77. The first-order valence-corrected chi connectivity index (χ1v) is 11.4. The van der Waals surface area contributed by atoms with Crippen LogP contribution in [0.2, 0.25) is 5.02 Å². The third kappa shape index (κ3) is 5.65. The predicted octanol–water partition coefficient (Wildman–Crippen LogP) is 3.98. The molecule has 0 radical (unpaired) electrons. The molecule has 0 bridgehead atoms. The highest BCUT2D eigenvalue weighted by Crippen LogP contribution is 2.24. The van der Waals surface area contributed by atoms with E-state index in [0.29, 0.717) is 10.8 Å². The lowest BCUT2D eigenvalue weighted by Gasteiger charge is -2.21. The van der Waals surface area contributed by atoms with Crippen LogP contribution in [0.25, 0.3) is 6.08 Å². The van der Waals surface area contributed by atoms with Crippen LogP contribution < -0.4 is 5.32 Å². The molecular formula is C23H20ClN3O4S. The van der Waals surface area contributed by atoms with Crippen molar-refractivity contribution in [2.75, 3.05) is 7.05 Å². The highest BCUT2D eigenvalue weighted by atomic mass is 35.5. The number of sulfonamides is 1. The molecule has 0 unspecified atom stereocenters. The van der Waals surface area contributed by atoms with Gasteiger partial charge in [0, 0.05) is 24.7 Å². The number of halogens is 1. The molecule has 0 saturated heterocycles. The van der Waals surface area contributed by atoms with Crippen molar-refractivity contribution < 1.29 is 17.6 Å². The lowest BCUT2D eigenvalue weighted by Crippen LogP contribution is -2.30. The number of carbonyl (C=O) groups is 1. The second-order valence-corrected chi connectivity index (χ2v) is 9.14. The number of hydrogen-bond donors (Lipinski definition) is 1. The largest absolute Gasteiger partial charge is 0.460 e. The fraction of sp³-hybridized carbons (Fsp3) is 0.130. The molecule has 3 aromatic rings. The fourth-order valence-electron chi connectivity index (χ4n) is 2.92. The number of hydrogen-bond acceptors (Lipinski definition) is 5. The van der Waals surface area contributed by atoms with Crippen molar-refractivity contribution in [3.63, 3.8) is 0 Å². The first kappa shape index (κ1) is 23.3. The molecule has 9 heteroatoms. The molecule has 1 N–H and O–H groups in total. The molecular weight excluding hydrogens is 450 g/mol. The molecule has 0 aliphatic rings. The molecule has 0 spiro atoms. The average Bonchev–Trinajstić information content (AvgIpc) is 3.24. The summed E-state index contributed by atoms with van der Waals surface area (Å²) in [5.41, 5.74) is 0.687. The Hall–Kier alpha value is -3.38. The van der Waals surface area contributed by atoms with Crippen LogP contribution in [0.4, 0.5) is 0 Å². The van der Waals surface area contributed by atoms with Crippen molar-refractivity contribution in [3.8, 4) is 6.07 Å². The number of amides is 1. The van der Waals surface area contributed by atoms with Crippen molar-refractivity contribution in [2.24, 2.45) is 0 Å². The third-order valence-electron chi connectivity index (χ3n) is 4.55. The lowest BCUT2D eigenvalue weighted by molar-refractivity contribution is -0.116. The quantitative estimate of drug-likeness (QED) is 0.397. The van der Waals surface area contributed by atoms with Crippen molar-refractivity contribution >= 4 is 33.6 Å². The Kier molecular flexibility index (Phi) is 7.49. The van der Waals surface area contributed by atoms with Crippen LogP contribution in [0.5, 0.6) is 0 Å². The van der Waals surface area contributed by atoms with Gasteiger partial charge in [-0.3, -0.25) is 4.79 Å². The van der Waals surface area contributed by atoms with E-state index in [1.807, 2.05) is 30.3 Å². The van der Waals surface area contributed by atoms with E-state index < -0.39 is 15.9 Å². The van der Waals surface area contributed by atoms with Gasteiger partial charge >= 0.3 is 0 Å². The van der Waals surface area contributed by atoms with Gasteiger partial charge in [0.1, 0.15) is 23.2 Å². The molecule has 32 heavy (non-hydrogen) atoms. The molecule has 164 valence electrons. The Morgan fingerprint density at radius 2 is 1.78 bits per heavy atom. The Morgan fingerprint density at radius 3 is 2.41 bits per heavy atom. The third-order valence-corrected chi connectivity index (χ3v) is 6.60. The molecule has 0 aliphatic heterocycles. The number of likely N-dealkylation sites (N-methyl/N-ethyl adjacent to an activating group) is 1. The van der Waals surface area contributed by atoms with Crippen LogP contribution in [-0.2, 0) is 27.9 Å². The zero-order chi connectivity index (χ0) is 23.1. The number of nitrogens with one attached hydrogen (secondary N) is 1. The minimum Gasteiger partial charge on any atom is -0.460 e. The van der Waals surface area contributed by atoms with Crippen LogP contribution >= 0.6 is 11.6 Å². The summed E-state index contributed by atoms with van der Waals surface area (Å²) >= 11 is 5.91. The summed E-state index contributed by atoms with van der Waals surface area (Å²) in [5, 5.41) is 12.0. The van der Waals surface area contributed by atoms with Gasteiger partial charge in [-0.2, -0.15) is 9.57 Å². The van der Waals surface area contributed by atoms with Gasteiger partial charge in [0.15, 0.2) is 0 Å². The van der Waals surface area contributed by atoms with E-state index in [1.165, 1.54) is 41.7 Å². The molecule has 0 atom stereocenters. The van der Waals surface area contributed by atoms with Gasteiger partial charge in [-0.15, -0.1) is 0 Å². The maximum Gasteiger partial charge on any atom is 0.261 e. The zero-order valence-corrected chi connectivity index (χ0v) is 18.7. The number of nitrogens with zero attached hydrogens (tertiary/aromatic N) is 2. The summed E-state index contributed by atoms with van der Waals surface area (Å²) in [6, 6.07) is 20.1. The van der Waals surface area contributed by atoms with Crippen LogP contribution in [0.3, 0.4) is 0 Å². The van der Waals surface area contributed by atoms with Crippen LogP contribution in [0, 0.1) is 11.3 Å². The SMILES string of the molecule is CNC(=O)/C(C#N)=C\c1ccc(CN(Cc2ccccc2)S(=O)(=O)c2ccc(Cl)cc2)o1. The molecule has 0 aliphatic carbocycles. The minimum absolute atomic E-state index is 0.0461. The van der Waals surface area contributed by atoms with Gasteiger partial charge < -0.3 is 9.73 Å². The summed E-state index contributed by atoms with van der Waals surface area (Å²) in [7, 11) is -2.45. The molecule has 1 heterocycles. The molecule has 2 aromatic carbocycles. The standard InChI is InChI=1S/C23H20ClN3O4S/c1-26-23(28)18(14-25)13-20-9-10-21(31-20)16-27(15-17-5-3-2-4-6-17)32(29,30)22-11-7-19(24)8-12-22/h2-13H,15-16H2,1H3,(H,26,28)/b18-13-. The second kappa shape index (κ2) is 10.3. The summed E-state index contributed by atoms with van der Waals surface area (Å²) in [6.45, 7) is 0.0783. The molecule has 7 nitrogen and oxygen atoms in total. The monoisotopic (exact) mass is 469 g/mol. The van der Waals surface area contributed by atoms with Gasteiger partial charge in [0.2, 0.25) is 10.0 Å². The summed E-state index contributed by atoms with van der Waals surface area (Å²) in [4.78, 5) is 11.8. The van der Waals surface area contributed by atoms with Gasteiger partial charge in [-0.25, -0.2) is 8.42 Å². The highest BCUT2D eigenvalue weighted by molar-refractivity contribution is 7.89. The maximum absolute atomic E-state index is 13.3. The molecule has 0 fully saturated rings. The number of carbonyl (C=O) groups excluding carboxylic acids is 1. The van der Waals surface area contributed by atoms with Crippen molar-refractivity contribution in [1.82, 2.24) is 9.62 Å². The molecule has 3 rings (SSSR count). The van der Waals surface area contributed by atoms with E-state index in [4.69, 9.17) is 21.3 Å². The van der Waals surface area contributed by atoms with E-state index in [0.717, 1.165) is 5.56 Å². The molecule has 0 saturated carbocycles.